The molecule has 0 saturated carbocycles. The highest BCUT2D eigenvalue weighted by Crippen LogP contribution is 2.15. The number of alkyl halides is 3. The van der Waals surface area contributed by atoms with Gasteiger partial charge in [-0.05, 0) is 30.5 Å². The van der Waals surface area contributed by atoms with Crippen LogP contribution in [0.2, 0.25) is 0 Å². The Morgan fingerprint density at radius 3 is 2.78 bits per heavy atom. The molecule has 0 amide bonds. The minimum atomic E-state index is -4.33. The number of pyridine rings is 1. The lowest BCUT2D eigenvalue weighted by molar-refractivity contribution is -0.175. The van der Waals surface area contributed by atoms with Gasteiger partial charge in [0.15, 0.2) is 0 Å². The molecule has 0 bridgehead atoms. The highest BCUT2D eigenvalue weighted by Gasteiger charge is 2.27. The number of nitrogens with zero attached hydrogens (tertiary/aromatic N) is 1. The molecule has 0 aliphatic carbocycles. The van der Waals surface area contributed by atoms with Gasteiger partial charge in [-0.15, -0.1) is 0 Å². The summed E-state index contributed by atoms with van der Waals surface area (Å²) in [7, 11) is 0. The molecule has 0 radical (unpaired) electrons. The first-order valence-corrected chi connectivity index (χ1v) is 5.40. The number of aliphatic hydroxyl groups excluding tert-OH is 1. The number of rotatable bonds is 6. The van der Waals surface area contributed by atoms with Crippen molar-refractivity contribution >= 4 is 5.82 Å². The third-order valence-electron chi connectivity index (χ3n) is 2.18. The number of nitrogens with two attached hydrogens (primary N) is 1. The van der Waals surface area contributed by atoms with Gasteiger partial charge in [0.05, 0.1) is 6.10 Å². The van der Waals surface area contributed by atoms with E-state index in [1.54, 1.807) is 12.1 Å². The minimum Gasteiger partial charge on any atom is -0.393 e. The highest BCUT2D eigenvalue weighted by atomic mass is 19.4. The van der Waals surface area contributed by atoms with Crippen LogP contribution in [0.25, 0.3) is 0 Å². The van der Waals surface area contributed by atoms with Gasteiger partial charge in [0.25, 0.3) is 0 Å². The summed E-state index contributed by atoms with van der Waals surface area (Å²) >= 11 is 0. The first-order chi connectivity index (χ1) is 8.37. The lowest BCUT2D eigenvalue weighted by Gasteiger charge is -2.12. The van der Waals surface area contributed by atoms with Crippen molar-refractivity contribution in [3.63, 3.8) is 0 Å². The van der Waals surface area contributed by atoms with Crippen LogP contribution >= 0.6 is 0 Å². The molecule has 1 rings (SSSR count). The fourth-order valence-corrected chi connectivity index (χ4v) is 1.40. The van der Waals surface area contributed by atoms with Gasteiger partial charge in [0.2, 0.25) is 0 Å². The van der Waals surface area contributed by atoms with Gasteiger partial charge >= 0.3 is 6.18 Å². The third-order valence-corrected chi connectivity index (χ3v) is 2.18. The predicted molar refractivity (Wildman–Crippen MR) is 59.9 cm³/mol. The average molecular weight is 264 g/mol. The molecule has 3 N–H and O–H groups in total. The van der Waals surface area contributed by atoms with Gasteiger partial charge in [-0.25, -0.2) is 4.98 Å². The standard InChI is InChI=1S/C11H15F3N2O2/c12-11(13,14)7-18-4-2-9(17)5-8-1-3-16-10(15)6-8/h1,3,6,9,17H,2,4-5,7H2,(H2,15,16). The molecule has 0 saturated heterocycles. The molecular weight excluding hydrogens is 249 g/mol. The van der Waals surface area contributed by atoms with E-state index in [-0.39, 0.29) is 13.0 Å². The molecule has 102 valence electrons. The molecule has 0 aliphatic rings. The van der Waals surface area contributed by atoms with E-state index in [0.29, 0.717) is 12.2 Å². The number of anilines is 1. The Balaban J connectivity index is 2.24. The number of hydrogen-bond acceptors (Lipinski definition) is 4. The fraction of sp³-hybridized carbons (Fsp3) is 0.545. The zero-order valence-electron chi connectivity index (χ0n) is 9.65. The van der Waals surface area contributed by atoms with Crippen LogP contribution in [0, 0.1) is 0 Å². The van der Waals surface area contributed by atoms with Gasteiger partial charge < -0.3 is 15.6 Å². The Morgan fingerprint density at radius 1 is 1.44 bits per heavy atom. The van der Waals surface area contributed by atoms with Gasteiger partial charge in [0.1, 0.15) is 12.4 Å². The lowest BCUT2D eigenvalue weighted by atomic mass is 10.1. The molecule has 7 heteroatoms. The summed E-state index contributed by atoms with van der Waals surface area (Å²) in [5.41, 5.74) is 6.24. The number of aliphatic hydroxyl groups is 1. The van der Waals surface area contributed by atoms with Crippen molar-refractivity contribution in [3.8, 4) is 0 Å². The van der Waals surface area contributed by atoms with Gasteiger partial charge in [0, 0.05) is 12.8 Å². The normalized spacial score (nSPS) is 13.6. The number of ether oxygens (including phenoxy) is 1. The van der Waals surface area contributed by atoms with Gasteiger partial charge in [-0.1, -0.05) is 0 Å². The molecule has 1 unspecified atom stereocenters. The zero-order chi connectivity index (χ0) is 13.6. The first kappa shape index (κ1) is 14.7. The van der Waals surface area contributed by atoms with Crippen LogP contribution in [0.3, 0.4) is 0 Å². The maximum Gasteiger partial charge on any atom is 0.411 e. The van der Waals surface area contributed by atoms with E-state index >= 15 is 0 Å². The van der Waals surface area contributed by atoms with Gasteiger partial charge in [-0.2, -0.15) is 13.2 Å². The van der Waals surface area contributed by atoms with E-state index in [2.05, 4.69) is 9.72 Å². The number of aromatic nitrogens is 1. The molecule has 1 aromatic heterocycles. The van der Waals surface area contributed by atoms with Crippen LogP contribution in [0.5, 0.6) is 0 Å². The van der Waals surface area contributed by atoms with Gasteiger partial charge in [-0.3, -0.25) is 0 Å². The quantitative estimate of drug-likeness (QED) is 0.765. The van der Waals surface area contributed by atoms with E-state index in [9.17, 15) is 18.3 Å². The van der Waals surface area contributed by atoms with Crippen molar-refractivity contribution in [1.82, 2.24) is 4.98 Å². The molecule has 0 aromatic carbocycles. The van der Waals surface area contributed by atoms with E-state index in [1.165, 1.54) is 6.20 Å². The SMILES string of the molecule is Nc1cc(CC(O)CCOCC(F)(F)F)ccn1. The van der Waals surface area contributed by atoms with Crippen molar-refractivity contribution < 1.29 is 23.0 Å². The summed E-state index contributed by atoms with van der Waals surface area (Å²) in [4.78, 5) is 3.80. The maximum absolute atomic E-state index is 11.8. The van der Waals surface area contributed by atoms with Crippen molar-refractivity contribution in [2.45, 2.75) is 25.1 Å². The van der Waals surface area contributed by atoms with Crippen LogP contribution in [-0.2, 0) is 11.2 Å². The van der Waals surface area contributed by atoms with Crippen LogP contribution in [0.15, 0.2) is 18.3 Å². The molecule has 4 nitrogen and oxygen atoms in total. The number of hydrogen-bond donors (Lipinski definition) is 2. The minimum absolute atomic E-state index is 0.137. The van der Waals surface area contributed by atoms with Crippen LogP contribution in [0.4, 0.5) is 19.0 Å². The molecular formula is C11H15F3N2O2. The van der Waals surface area contributed by atoms with Crippen molar-refractivity contribution in [2.75, 3.05) is 18.9 Å². The second kappa shape index (κ2) is 6.55. The van der Waals surface area contributed by atoms with Crippen LogP contribution in [-0.4, -0.2) is 35.6 Å². The molecule has 1 aromatic rings. The summed E-state index contributed by atoms with van der Waals surface area (Å²) in [5.74, 6) is 0.341. The smallest absolute Gasteiger partial charge is 0.393 e. The largest absolute Gasteiger partial charge is 0.411 e. The third kappa shape index (κ3) is 6.41. The van der Waals surface area contributed by atoms with Crippen LogP contribution < -0.4 is 5.73 Å². The maximum atomic E-state index is 11.8. The summed E-state index contributed by atoms with van der Waals surface area (Å²) in [6.07, 6.45) is -3.14. The number of nitrogen functional groups attached to an aromatic ring is 1. The summed E-state index contributed by atoms with van der Waals surface area (Å²) < 4.78 is 39.7. The second-order valence-electron chi connectivity index (χ2n) is 3.90. The summed E-state index contributed by atoms with van der Waals surface area (Å²) in [6.45, 7) is -1.43. The topological polar surface area (TPSA) is 68.4 Å². The Kier molecular flexibility index (Phi) is 5.36. The molecule has 1 heterocycles. The summed E-state index contributed by atoms with van der Waals surface area (Å²) in [5, 5.41) is 9.60. The average Bonchev–Trinajstić information content (AvgIpc) is 2.23. The van der Waals surface area contributed by atoms with E-state index < -0.39 is 18.9 Å². The monoisotopic (exact) mass is 264 g/mol. The van der Waals surface area contributed by atoms with Crippen molar-refractivity contribution in [2.24, 2.45) is 0 Å². The Bertz CT molecular complexity index is 372. The predicted octanol–water partition coefficient (Wildman–Crippen LogP) is 1.54. The second-order valence-corrected chi connectivity index (χ2v) is 3.90. The molecule has 0 aliphatic heterocycles. The molecule has 18 heavy (non-hydrogen) atoms. The fourth-order valence-electron chi connectivity index (χ4n) is 1.40. The van der Waals surface area contributed by atoms with Crippen LogP contribution in [0.1, 0.15) is 12.0 Å². The van der Waals surface area contributed by atoms with E-state index in [0.717, 1.165) is 5.56 Å². The molecule has 0 fully saturated rings. The Labute approximate surface area is 103 Å². The first-order valence-electron chi connectivity index (χ1n) is 5.40. The zero-order valence-corrected chi connectivity index (χ0v) is 9.65. The lowest BCUT2D eigenvalue weighted by Crippen LogP contribution is -2.20. The van der Waals surface area contributed by atoms with E-state index in [4.69, 9.17) is 5.73 Å². The Morgan fingerprint density at radius 2 is 2.17 bits per heavy atom. The molecule has 1 atom stereocenters. The van der Waals surface area contributed by atoms with Crippen molar-refractivity contribution in [1.29, 1.82) is 0 Å². The van der Waals surface area contributed by atoms with Crippen molar-refractivity contribution in [3.05, 3.63) is 23.9 Å². The number of halogens is 3. The summed E-state index contributed by atoms with van der Waals surface area (Å²) in [6, 6.07) is 3.30. The highest BCUT2D eigenvalue weighted by molar-refractivity contribution is 5.32. The Hall–Kier alpha value is -1.34. The van der Waals surface area contributed by atoms with E-state index in [1.807, 2.05) is 0 Å². The molecule has 0 spiro atoms.